The Morgan fingerprint density at radius 3 is 2.67 bits per heavy atom. The van der Waals surface area contributed by atoms with Gasteiger partial charge in [-0.1, -0.05) is 29.8 Å². The quantitative estimate of drug-likeness (QED) is 0.579. The highest BCUT2D eigenvalue weighted by atomic mass is 35.5. The van der Waals surface area contributed by atoms with Crippen molar-refractivity contribution in [2.45, 2.75) is 32.3 Å². The summed E-state index contributed by atoms with van der Waals surface area (Å²) in [4.78, 5) is 27.4. The number of benzene rings is 2. The number of H-pyrrole nitrogens is 1. The van der Waals surface area contributed by atoms with E-state index >= 15 is 0 Å². The summed E-state index contributed by atoms with van der Waals surface area (Å²) in [6.45, 7) is 1.56. The molecule has 0 aliphatic rings. The van der Waals surface area contributed by atoms with Crippen molar-refractivity contribution >= 4 is 40.1 Å². The zero-order chi connectivity index (χ0) is 19.2. The third kappa shape index (κ3) is 5.11. The van der Waals surface area contributed by atoms with Crippen LogP contribution in [0.25, 0.3) is 10.9 Å². The van der Waals surface area contributed by atoms with Crippen molar-refractivity contribution in [3.8, 4) is 0 Å². The number of hydrogen-bond donors (Lipinski definition) is 2. The molecular weight excluding hydrogens is 364 g/mol. The van der Waals surface area contributed by atoms with E-state index in [4.69, 9.17) is 16.3 Å². The highest BCUT2D eigenvalue weighted by molar-refractivity contribution is 6.30. The van der Waals surface area contributed by atoms with Crippen LogP contribution >= 0.6 is 11.6 Å². The molecule has 2 aromatic carbocycles. The van der Waals surface area contributed by atoms with Gasteiger partial charge in [0.05, 0.1) is 0 Å². The summed E-state index contributed by atoms with van der Waals surface area (Å²) >= 11 is 5.81. The second-order valence-electron chi connectivity index (χ2n) is 6.34. The van der Waals surface area contributed by atoms with E-state index in [1.165, 1.54) is 10.9 Å². The third-order valence-electron chi connectivity index (χ3n) is 4.29. The Bertz CT molecular complexity index is 934. The van der Waals surface area contributed by atoms with Gasteiger partial charge in [0, 0.05) is 34.2 Å². The predicted octanol–water partition coefficient (Wildman–Crippen LogP) is 4.71. The minimum Gasteiger partial charge on any atom is -0.453 e. The van der Waals surface area contributed by atoms with Crippen molar-refractivity contribution < 1.29 is 14.3 Å². The first-order valence-corrected chi connectivity index (χ1v) is 9.21. The monoisotopic (exact) mass is 384 g/mol. The first-order valence-electron chi connectivity index (χ1n) is 8.84. The van der Waals surface area contributed by atoms with E-state index in [0.717, 1.165) is 11.9 Å². The molecule has 5 nitrogen and oxygen atoms in total. The molecule has 0 fully saturated rings. The summed E-state index contributed by atoms with van der Waals surface area (Å²) in [5, 5.41) is 4.45. The van der Waals surface area contributed by atoms with Crippen molar-refractivity contribution in [2.75, 3.05) is 5.32 Å². The van der Waals surface area contributed by atoms with E-state index in [9.17, 15) is 9.59 Å². The van der Waals surface area contributed by atoms with Gasteiger partial charge in [0.15, 0.2) is 6.10 Å². The third-order valence-corrected chi connectivity index (χ3v) is 4.54. The predicted molar refractivity (Wildman–Crippen MR) is 107 cm³/mol. The molecule has 0 saturated heterocycles. The molecular formula is C21H21ClN2O3. The summed E-state index contributed by atoms with van der Waals surface area (Å²) in [7, 11) is 0. The molecule has 6 heteroatoms. The van der Waals surface area contributed by atoms with Crippen LogP contribution in [0, 0.1) is 0 Å². The molecule has 3 aromatic rings. The molecule has 0 aliphatic carbocycles. The first-order chi connectivity index (χ1) is 13.0. The topological polar surface area (TPSA) is 71.2 Å². The average molecular weight is 385 g/mol. The fourth-order valence-corrected chi connectivity index (χ4v) is 2.97. The summed E-state index contributed by atoms with van der Waals surface area (Å²) in [6, 6.07) is 14.8. The van der Waals surface area contributed by atoms with Crippen LogP contribution in [-0.2, 0) is 20.7 Å². The number of carbonyl (C=O) groups is 2. The van der Waals surface area contributed by atoms with E-state index in [0.29, 0.717) is 17.1 Å². The number of ether oxygens (including phenoxy) is 1. The lowest BCUT2D eigenvalue weighted by atomic mass is 10.1. The number of amides is 1. The number of rotatable bonds is 7. The van der Waals surface area contributed by atoms with Gasteiger partial charge in [0.25, 0.3) is 5.91 Å². The number of halogens is 1. The molecule has 2 N–H and O–H groups in total. The minimum atomic E-state index is -0.860. The van der Waals surface area contributed by atoms with Crippen LogP contribution in [0.3, 0.4) is 0 Å². The Labute approximate surface area is 162 Å². The number of carbonyl (C=O) groups excluding carboxylic acids is 2. The summed E-state index contributed by atoms with van der Waals surface area (Å²) in [6.07, 6.45) is 2.80. The van der Waals surface area contributed by atoms with Gasteiger partial charge in [-0.05, 0) is 55.7 Å². The Hall–Kier alpha value is -2.79. The second-order valence-corrected chi connectivity index (χ2v) is 6.78. The van der Waals surface area contributed by atoms with Crippen LogP contribution in [0.2, 0.25) is 5.02 Å². The summed E-state index contributed by atoms with van der Waals surface area (Å²) < 4.78 is 5.23. The van der Waals surface area contributed by atoms with Gasteiger partial charge in [0.2, 0.25) is 0 Å². The van der Waals surface area contributed by atoms with Crippen LogP contribution in [0.15, 0.2) is 54.7 Å². The van der Waals surface area contributed by atoms with Gasteiger partial charge in [-0.3, -0.25) is 9.59 Å². The molecule has 0 bridgehead atoms. The molecule has 0 saturated carbocycles. The fourth-order valence-electron chi connectivity index (χ4n) is 2.85. The molecule has 1 aromatic heterocycles. The smallest absolute Gasteiger partial charge is 0.306 e. The largest absolute Gasteiger partial charge is 0.453 e. The summed E-state index contributed by atoms with van der Waals surface area (Å²) in [5.41, 5.74) is 2.86. The fraction of sp³-hybridized carbons (Fsp3) is 0.238. The number of aromatic amines is 1. The number of esters is 1. The van der Waals surface area contributed by atoms with Crippen LogP contribution in [0.4, 0.5) is 5.69 Å². The zero-order valence-corrected chi connectivity index (χ0v) is 15.8. The number of anilines is 1. The molecule has 0 spiro atoms. The molecule has 0 aliphatic heterocycles. The van der Waals surface area contributed by atoms with Crippen molar-refractivity contribution in [3.63, 3.8) is 0 Å². The van der Waals surface area contributed by atoms with E-state index < -0.39 is 6.10 Å². The number of para-hydroxylation sites is 1. The average Bonchev–Trinajstić information content (AvgIpc) is 3.07. The van der Waals surface area contributed by atoms with E-state index in [1.807, 2.05) is 24.4 Å². The molecule has 3 rings (SSSR count). The van der Waals surface area contributed by atoms with Gasteiger partial charge >= 0.3 is 5.97 Å². The maximum atomic E-state index is 12.1. The Balaban J connectivity index is 1.44. The normalized spacial score (nSPS) is 11.9. The van der Waals surface area contributed by atoms with Crippen molar-refractivity contribution in [3.05, 3.63) is 65.3 Å². The van der Waals surface area contributed by atoms with Crippen LogP contribution in [0.5, 0.6) is 0 Å². The maximum Gasteiger partial charge on any atom is 0.306 e. The second kappa shape index (κ2) is 8.73. The number of hydrogen-bond acceptors (Lipinski definition) is 3. The Kier molecular flexibility index (Phi) is 6.14. The van der Waals surface area contributed by atoms with Gasteiger partial charge in [-0.25, -0.2) is 0 Å². The molecule has 0 radical (unpaired) electrons. The SMILES string of the molecule is CC(OC(=O)CCCc1c[nH]c2ccccc12)C(=O)Nc1ccc(Cl)cc1. The zero-order valence-electron chi connectivity index (χ0n) is 15.0. The van der Waals surface area contributed by atoms with Crippen molar-refractivity contribution in [2.24, 2.45) is 0 Å². The lowest BCUT2D eigenvalue weighted by molar-refractivity contribution is -0.153. The summed E-state index contributed by atoms with van der Waals surface area (Å²) in [5.74, 6) is -0.754. The number of fused-ring (bicyclic) bond motifs is 1. The Morgan fingerprint density at radius 1 is 1.15 bits per heavy atom. The number of aromatic nitrogens is 1. The molecule has 1 unspecified atom stereocenters. The minimum absolute atomic E-state index is 0.262. The van der Waals surface area contributed by atoms with Crippen LogP contribution in [-0.4, -0.2) is 23.0 Å². The molecule has 1 amide bonds. The van der Waals surface area contributed by atoms with Gasteiger partial charge in [-0.15, -0.1) is 0 Å². The highest BCUT2D eigenvalue weighted by Crippen LogP contribution is 2.19. The van der Waals surface area contributed by atoms with E-state index in [1.54, 1.807) is 31.2 Å². The first kappa shape index (κ1) is 19.0. The molecule has 140 valence electrons. The van der Waals surface area contributed by atoms with Crippen molar-refractivity contribution in [1.29, 1.82) is 0 Å². The van der Waals surface area contributed by atoms with E-state index in [2.05, 4.69) is 16.4 Å². The number of aryl methyl sites for hydroxylation is 1. The van der Waals surface area contributed by atoms with Gasteiger partial charge in [0.1, 0.15) is 0 Å². The lowest BCUT2D eigenvalue weighted by Gasteiger charge is -2.13. The standard InChI is InChI=1S/C21H21ClN2O3/c1-14(21(26)24-17-11-9-16(22)10-12-17)27-20(25)8-4-5-15-13-23-19-7-3-2-6-18(15)19/h2-3,6-7,9-14,23H,4-5,8H2,1H3,(H,24,26). The maximum absolute atomic E-state index is 12.1. The number of nitrogens with one attached hydrogen (secondary N) is 2. The Morgan fingerprint density at radius 2 is 1.89 bits per heavy atom. The molecule has 1 heterocycles. The van der Waals surface area contributed by atoms with E-state index in [-0.39, 0.29) is 18.3 Å². The lowest BCUT2D eigenvalue weighted by Crippen LogP contribution is -2.29. The van der Waals surface area contributed by atoms with Crippen molar-refractivity contribution in [1.82, 2.24) is 4.98 Å². The molecule has 1 atom stereocenters. The highest BCUT2D eigenvalue weighted by Gasteiger charge is 2.18. The van der Waals surface area contributed by atoms with Crippen LogP contribution < -0.4 is 5.32 Å². The van der Waals surface area contributed by atoms with Gasteiger partial charge in [-0.2, -0.15) is 0 Å². The van der Waals surface area contributed by atoms with Gasteiger partial charge < -0.3 is 15.0 Å². The van der Waals surface area contributed by atoms with Crippen LogP contribution in [0.1, 0.15) is 25.3 Å². The molecule has 27 heavy (non-hydrogen) atoms.